The molecule has 0 aliphatic heterocycles. The van der Waals surface area contributed by atoms with Gasteiger partial charge in [0.1, 0.15) is 18.3 Å². The lowest BCUT2D eigenvalue weighted by Gasteiger charge is -2.33. The summed E-state index contributed by atoms with van der Waals surface area (Å²) in [7, 11) is -1.26. The molecule has 38 heavy (non-hydrogen) atoms. The molecule has 0 aliphatic carbocycles. The number of halogens is 1. The van der Waals surface area contributed by atoms with Crippen molar-refractivity contribution in [1.82, 2.24) is 10.2 Å². The van der Waals surface area contributed by atoms with Crippen molar-refractivity contribution >= 4 is 39.1 Å². The van der Waals surface area contributed by atoms with Gasteiger partial charge < -0.3 is 15.0 Å². The van der Waals surface area contributed by atoms with Crippen molar-refractivity contribution in [2.75, 3.05) is 25.0 Å². The Kier molecular flexibility index (Phi) is 9.77. The summed E-state index contributed by atoms with van der Waals surface area (Å²) < 4.78 is 34.3. The number of hydrogen-bond acceptors (Lipinski definition) is 5. The van der Waals surface area contributed by atoms with E-state index in [1.165, 1.54) is 31.2 Å². The number of hydrogen-bond donors (Lipinski definition) is 1. The molecular weight excluding hydrogens is 526 g/mol. The van der Waals surface area contributed by atoms with Crippen LogP contribution >= 0.6 is 11.6 Å². The first-order chi connectivity index (χ1) is 18.1. The Hall–Kier alpha value is -3.56. The van der Waals surface area contributed by atoms with Crippen LogP contribution in [-0.2, 0) is 26.2 Å². The number of carbonyl (C=O) groups is 2. The summed E-state index contributed by atoms with van der Waals surface area (Å²) in [6.45, 7) is 3.07. The Morgan fingerprint density at radius 1 is 1.03 bits per heavy atom. The topological polar surface area (TPSA) is 96.0 Å². The maximum Gasteiger partial charge on any atom is 0.264 e. The number of amides is 2. The molecule has 3 aromatic rings. The van der Waals surface area contributed by atoms with Gasteiger partial charge in [0.25, 0.3) is 10.0 Å². The molecule has 2 amide bonds. The van der Waals surface area contributed by atoms with Crippen LogP contribution in [-0.4, -0.2) is 51.9 Å². The van der Waals surface area contributed by atoms with Crippen LogP contribution in [0.5, 0.6) is 5.75 Å². The Balaban J connectivity index is 2.13. The number of benzene rings is 3. The number of carbonyl (C=O) groups excluding carboxylic acids is 2. The summed E-state index contributed by atoms with van der Waals surface area (Å²) in [6, 6.07) is 19.2. The molecule has 0 saturated heterocycles. The molecule has 0 aromatic heterocycles. The van der Waals surface area contributed by atoms with Crippen molar-refractivity contribution in [3.63, 3.8) is 0 Å². The minimum Gasteiger partial charge on any atom is -0.495 e. The highest BCUT2D eigenvalue weighted by atomic mass is 35.5. The Bertz CT molecular complexity index is 1380. The molecule has 10 heteroatoms. The van der Waals surface area contributed by atoms with E-state index in [9.17, 15) is 18.0 Å². The SMILES string of the molecule is CC[C@@H](C(=O)NC)N(Cc1ccccc1Cl)C(=O)CN(c1cc(C)ccc1OC)S(=O)(=O)c1ccccc1. The lowest BCUT2D eigenvalue weighted by atomic mass is 10.1. The van der Waals surface area contributed by atoms with Gasteiger partial charge in [-0.05, 0) is 54.8 Å². The molecule has 0 radical (unpaired) electrons. The summed E-state index contributed by atoms with van der Waals surface area (Å²) in [5.74, 6) is -0.638. The molecule has 0 bridgehead atoms. The molecule has 0 aliphatic rings. The maximum absolute atomic E-state index is 14.0. The van der Waals surface area contributed by atoms with E-state index in [1.807, 2.05) is 6.92 Å². The van der Waals surface area contributed by atoms with Crippen molar-refractivity contribution in [3.05, 3.63) is 88.9 Å². The average Bonchev–Trinajstić information content (AvgIpc) is 2.92. The molecule has 8 nitrogen and oxygen atoms in total. The van der Waals surface area contributed by atoms with Gasteiger partial charge in [0.05, 0.1) is 17.7 Å². The molecule has 0 unspecified atom stereocenters. The van der Waals surface area contributed by atoms with Crippen LogP contribution in [0, 0.1) is 6.92 Å². The molecule has 0 heterocycles. The van der Waals surface area contributed by atoms with Gasteiger partial charge in [-0.25, -0.2) is 8.42 Å². The smallest absolute Gasteiger partial charge is 0.264 e. The van der Waals surface area contributed by atoms with Crippen LogP contribution in [0.25, 0.3) is 0 Å². The molecule has 3 rings (SSSR count). The molecule has 0 spiro atoms. The first-order valence-electron chi connectivity index (χ1n) is 12.1. The van der Waals surface area contributed by atoms with Crippen LogP contribution in [0.3, 0.4) is 0 Å². The number of anilines is 1. The van der Waals surface area contributed by atoms with Gasteiger partial charge in [-0.3, -0.25) is 13.9 Å². The van der Waals surface area contributed by atoms with E-state index in [1.54, 1.807) is 67.6 Å². The number of nitrogens with one attached hydrogen (secondary N) is 1. The van der Waals surface area contributed by atoms with Gasteiger partial charge in [0.15, 0.2) is 0 Å². The third-order valence-corrected chi connectivity index (χ3v) is 8.29. The number of methoxy groups -OCH3 is 1. The van der Waals surface area contributed by atoms with Crippen molar-refractivity contribution in [2.45, 2.75) is 37.8 Å². The van der Waals surface area contributed by atoms with Gasteiger partial charge in [-0.1, -0.05) is 61.0 Å². The highest BCUT2D eigenvalue weighted by molar-refractivity contribution is 7.92. The fourth-order valence-corrected chi connectivity index (χ4v) is 5.76. The Labute approximate surface area is 229 Å². The molecule has 0 fully saturated rings. The number of likely N-dealkylation sites (N-methyl/N-ethyl adjacent to an activating group) is 1. The first kappa shape index (κ1) is 29.0. The van der Waals surface area contributed by atoms with Crippen molar-refractivity contribution in [1.29, 1.82) is 0 Å². The molecule has 1 N–H and O–H groups in total. The lowest BCUT2D eigenvalue weighted by Crippen LogP contribution is -2.51. The largest absolute Gasteiger partial charge is 0.495 e. The number of nitrogens with zero attached hydrogens (tertiary/aromatic N) is 2. The minimum atomic E-state index is -4.19. The van der Waals surface area contributed by atoms with Crippen LogP contribution < -0.4 is 14.4 Å². The van der Waals surface area contributed by atoms with E-state index in [4.69, 9.17) is 16.3 Å². The summed E-state index contributed by atoms with van der Waals surface area (Å²) in [5.41, 5.74) is 1.64. The lowest BCUT2D eigenvalue weighted by molar-refractivity contribution is -0.140. The molecule has 3 aromatic carbocycles. The van der Waals surface area contributed by atoms with Crippen LogP contribution in [0.2, 0.25) is 5.02 Å². The number of ether oxygens (including phenoxy) is 1. The van der Waals surface area contributed by atoms with E-state index in [-0.39, 0.29) is 23.0 Å². The third kappa shape index (κ3) is 6.46. The van der Waals surface area contributed by atoms with Crippen molar-refractivity contribution in [3.8, 4) is 5.75 Å². The zero-order chi connectivity index (χ0) is 27.9. The molecule has 0 saturated carbocycles. The van der Waals surface area contributed by atoms with Gasteiger partial charge in [0.2, 0.25) is 11.8 Å². The molecule has 1 atom stereocenters. The van der Waals surface area contributed by atoms with Crippen molar-refractivity contribution < 1.29 is 22.7 Å². The zero-order valence-electron chi connectivity index (χ0n) is 21.8. The van der Waals surface area contributed by atoms with Gasteiger partial charge in [0, 0.05) is 18.6 Å². The average molecular weight is 558 g/mol. The van der Waals surface area contributed by atoms with E-state index < -0.39 is 28.5 Å². The van der Waals surface area contributed by atoms with Gasteiger partial charge in [-0.15, -0.1) is 0 Å². The second-order valence-electron chi connectivity index (χ2n) is 8.65. The second kappa shape index (κ2) is 12.8. The fourth-order valence-electron chi connectivity index (χ4n) is 4.12. The molecular formula is C28H32ClN3O5S. The summed E-state index contributed by atoms with van der Waals surface area (Å²) in [5, 5.41) is 3.04. The standard InChI is InChI=1S/C28H32ClN3O5S/c1-5-24(28(34)30-3)31(18-21-11-9-10-14-23(21)29)27(33)19-32(25-17-20(2)15-16-26(25)37-4)38(35,36)22-12-7-6-8-13-22/h6-17,24H,5,18-19H2,1-4H3,(H,30,34)/t24-/m0/s1. The maximum atomic E-state index is 14.0. The monoisotopic (exact) mass is 557 g/mol. The van der Waals surface area contributed by atoms with Crippen LogP contribution in [0.4, 0.5) is 5.69 Å². The summed E-state index contributed by atoms with van der Waals surface area (Å²) >= 11 is 6.38. The van der Waals surface area contributed by atoms with Crippen LogP contribution in [0.15, 0.2) is 77.7 Å². The van der Waals surface area contributed by atoms with Crippen LogP contribution in [0.1, 0.15) is 24.5 Å². The van der Waals surface area contributed by atoms with E-state index >= 15 is 0 Å². The quantitative estimate of drug-likeness (QED) is 0.377. The predicted molar refractivity (Wildman–Crippen MR) is 149 cm³/mol. The summed E-state index contributed by atoms with van der Waals surface area (Å²) in [4.78, 5) is 28.2. The third-order valence-electron chi connectivity index (χ3n) is 6.14. The summed E-state index contributed by atoms with van der Waals surface area (Å²) in [6.07, 6.45) is 0.315. The first-order valence-corrected chi connectivity index (χ1v) is 13.9. The zero-order valence-corrected chi connectivity index (χ0v) is 23.4. The highest BCUT2D eigenvalue weighted by Crippen LogP contribution is 2.34. The van der Waals surface area contributed by atoms with E-state index in [0.717, 1.165) is 9.87 Å². The van der Waals surface area contributed by atoms with Gasteiger partial charge >= 0.3 is 0 Å². The van der Waals surface area contributed by atoms with Crippen molar-refractivity contribution in [2.24, 2.45) is 0 Å². The van der Waals surface area contributed by atoms with Gasteiger partial charge in [-0.2, -0.15) is 0 Å². The normalized spacial score (nSPS) is 11.9. The number of sulfonamides is 1. The number of rotatable bonds is 11. The Morgan fingerprint density at radius 2 is 1.68 bits per heavy atom. The highest BCUT2D eigenvalue weighted by Gasteiger charge is 2.34. The number of aryl methyl sites for hydroxylation is 1. The minimum absolute atomic E-state index is 0.0207. The Morgan fingerprint density at radius 3 is 2.29 bits per heavy atom. The van der Waals surface area contributed by atoms with E-state index in [0.29, 0.717) is 22.8 Å². The molecule has 202 valence electrons. The van der Waals surface area contributed by atoms with E-state index in [2.05, 4.69) is 5.32 Å². The second-order valence-corrected chi connectivity index (χ2v) is 10.9. The predicted octanol–water partition coefficient (Wildman–Crippen LogP) is 4.41. The fraction of sp³-hybridized carbons (Fsp3) is 0.286.